The fourth-order valence-corrected chi connectivity index (χ4v) is 3.12. The van der Waals surface area contributed by atoms with Crippen LogP contribution in [0, 0.1) is 5.92 Å². The molecule has 1 aliphatic heterocycles. The lowest BCUT2D eigenvalue weighted by molar-refractivity contribution is -0.124. The quantitative estimate of drug-likeness (QED) is 0.851. The van der Waals surface area contributed by atoms with Gasteiger partial charge in [-0.05, 0) is 30.4 Å². The molecular formula is C14H25Cl2N3OS. The molecule has 122 valence electrons. The minimum atomic E-state index is -0.121. The van der Waals surface area contributed by atoms with Gasteiger partial charge in [0.1, 0.15) is 0 Å². The van der Waals surface area contributed by atoms with Crippen LogP contribution in [0.15, 0.2) is 11.4 Å². The molecule has 21 heavy (non-hydrogen) atoms. The third-order valence-electron chi connectivity index (χ3n) is 3.82. The Labute approximate surface area is 143 Å². The molecule has 0 aromatic carbocycles. The van der Waals surface area contributed by atoms with Gasteiger partial charge in [-0.1, -0.05) is 6.92 Å². The Balaban J connectivity index is 0.00000200. The van der Waals surface area contributed by atoms with E-state index < -0.39 is 0 Å². The summed E-state index contributed by atoms with van der Waals surface area (Å²) in [5, 5.41) is 5.14. The van der Waals surface area contributed by atoms with Crippen molar-refractivity contribution in [3.63, 3.8) is 0 Å². The molecule has 2 heterocycles. The molecule has 0 bridgehead atoms. The Morgan fingerprint density at radius 1 is 1.48 bits per heavy atom. The van der Waals surface area contributed by atoms with Crippen LogP contribution in [0.4, 0.5) is 0 Å². The van der Waals surface area contributed by atoms with Crippen molar-refractivity contribution in [2.75, 3.05) is 19.6 Å². The maximum atomic E-state index is 11.8. The molecule has 0 saturated carbocycles. The highest BCUT2D eigenvalue weighted by molar-refractivity contribution is 7.10. The highest BCUT2D eigenvalue weighted by atomic mass is 35.5. The third-order valence-corrected chi connectivity index (χ3v) is 4.84. The number of nitrogens with two attached hydrogens (primary N) is 1. The van der Waals surface area contributed by atoms with Gasteiger partial charge in [-0.3, -0.25) is 9.69 Å². The predicted molar refractivity (Wildman–Crippen MR) is 93.6 cm³/mol. The van der Waals surface area contributed by atoms with Gasteiger partial charge in [-0.2, -0.15) is 0 Å². The number of halogens is 2. The third kappa shape index (κ3) is 5.75. The van der Waals surface area contributed by atoms with E-state index in [9.17, 15) is 4.79 Å². The SMILES string of the molecule is CC(N)C(C)C(=O)NCCN1CCc2sccc2C1.Cl.Cl. The number of carbonyl (C=O) groups is 1. The molecule has 0 spiro atoms. The summed E-state index contributed by atoms with van der Waals surface area (Å²) < 4.78 is 0. The van der Waals surface area contributed by atoms with E-state index in [0.717, 1.165) is 26.1 Å². The average molecular weight is 354 g/mol. The molecule has 1 aliphatic rings. The second kappa shape index (κ2) is 9.64. The molecule has 2 rings (SSSR count). The number of fused-ring (bicyclic) bond motifs is 1. The minimum absolute atomic E-state index is 0. The van der Waals surface area contributed by atoms with Crippen LogP contribution in [-0.2, 0) is 17.8 Å². The molecule has 2 unspecified atom stereocenters. The molecule has 0 fully saturated rings. The van der Waals surface area contributed by atoms with Gasteiger partial charge in [-0.15, -0.1) is 36.2 Å². The molecule has 1 aromatic rings. The molecule has 1 aromatic heterocycles. The lowest BCUT2D eigenvalue weighted by atomic mass is 10.0. The van der Waals surface area contributed by atoms with Crippen molar-refractivity contribution in [3.05, 3.63) is 21.9 Å². The number of amides is 1. The van der Waals surface area contributed by atoms with Crippen LogP contribution in [0.3, 0.4) is 0 Å². The van der Waals surface area contributed by atoms with Crippen molar-refractivity contribution in [3.8, 4) is 0 Å². The maximum absolute atomic E-state index is 11.8. The topological polar surface area (TPSA) is 58.4 Å². The van der Waals surface area contributed by atoms with E-state index in [-0.39, 0.29) is 42.7 Å². The summed E-state index contributed by atoms with van der Waals surface area (Å²) in [6.45, 7) is 7.46. The van der Waals surface area contributed by atoms with Crippen LogP contribution in [0.1, 0.15) is 24.3 Å². The number of hydrogen-bond donors (Lipinski definition) is 2. The van der Waals surface area contributed by atoms with Gasteiger partial charge in [0.15, 0.2) is 0 Å². The van der Waals surface area contributed by atoms with E-state index in [2.05, 4.69) is 21.7 Å². The number of hydrogen-bond acceptors (Lipinski definition) is 4. The van der Waals surface area contributed by atoms with Gasteiger partial charge in [-0.25, -0.2) is 0 Å². The zero-order valence-electron chi connectivity index (χ0n) is 12.5. The first-order valence-corrected chi connectivity index (χ1v) is 7.76. The van der Waals surface area contributed by atoms with Crippen molar-refractivity contribution in [1.82, 2.24) is 10.2 Å². The zero-order chi connectivity index (χ0) is 13.8. The monoisotopic (exact) mass is 353 g/mol. The first kappa shape index (κ1) is 20.7. The summed E-state index contributed by atoms with van der Waals surface area (Å²) in [4.78, 5) is 15.7. The van der Waals surface area contributed by atoms with E-state index >= 15 is 0 Å². The number of carbonyl (C=O) groups excluding carboxylic acids is 1. The van der Waals surface area contributed by atoms with Gasteiger partial charge < -0.3 is 11.1 Å². The molecule has 2 atom stereocenters. The van der Waals surface area contributed by atoms with Gasteiger partial charge in [0, 0.05) is 43.0 Å². The van der Waals surface area contributed by atoms with Gasteiger partial charge >= 0.3 is 0 Å². The number of thiophene rings is 1. The largest absolute Gasteiger partial charge is 0.355 e. The predicted octanol–water partition coefficient (Wildman–Crippen LogP) is 2.05. The lowest BCUT2D eigenvalue weighted by Gasteiger charge is -2.27. The Hall–Kier alpha value is -0.330. The summed E-state index contributed by atoms with van der Waals surface area (Å²) in [5.74, 6) is -0.0620. The highest BCUT2D eigenvalue weighted by Crippen LogP contribution is 2.23. The van der Waals surface area contributed by atoms with Crippen LogP contribution in [0.2, 0.25) is 0 Å². The standard InChI is InChI=1S/C14H23N3OS.2ClH/c1-10(11(2)15)14(18)16-5-7-17-6-3-13-12(9-17)4-8-19-13;;/h4,8,10-11H,3,5-7,9,15H2,1-2H3,(H,16,18);2*1H. The van der Waals surface area contributed by atoms with E-state index in [0.29, 0.717) is 6.54 Å². The molecule has 4 nitrogen and oxygen atoms in total. The fourth-order valence-electron chi connectivity index (χ4n) is 2.23. The molecule has 0 radical (unpaired) electrons. The smallest absolute Gasteiger partial charge is 0.224 e. The molecule has 1 amide bonds. The average Bonchev–Trinajstić information content (AvgIpc) is 2.84. The summed E-state index contributed by atoms with van der Waals surface area (Å²) in [7, 11) is 0. The minimum Gasteiger partial charge on any atom is -0.355 e. The van der Waals surface area contributed by atoms with Gasteiger partial charge in [0.25, 0.3) is 0 Å². The molecular weight excluding hydrogens is 329 g/mol. The van der Waals surface area contributed by atoms with E-state index in [1.807, 2.05) is 25.2 Å². The molecule has 3 N–H and O–H groups in total. The highest BCUT2D eigenvalue weighted by Gasteiger charge is 2.19. The summed E-state index contributed by atoms with van der Waals surface area (Å²) in [6, 6.07) is 2.12. The van der Waals surface area contributed by atoms with Crippen LogP contribution >= 0.6 is 36.2 Å². The molecule has 7 heteroatoms. The Morgan fingerprint density at radius 2 is 2.19 bits per heavy atom. The number of nitrogens with one attached hydrogen (secondary N) is 1. The van der Waals surface area contributed by atoms with E-state index in [1.54, 1.807) is 0 Å². The second-order valence-electron chi connectivity index (χ2n) is 5.33. The molecule has 0 aliphatic carbocycles. The van der Waals surface area contributed by atoms with Crippen molar-refractivity contribution in [2.24, 2.45) is 11.7 Å². The molecule has 0 saturated heterocycles. The van der Waals surface area contributed by atoms with Crippen molar-refractivity contribution in [2.45, 2.75) is 32.9 Å². The van der Waals surface area contributed by atoms with Crippen LogP contribution in [0.25, 0.3) is 0 Å². The van der Waals surface area contributed by atoms with Crippen molar-refractivity contribution in [1.29, 1.82) is 0 Å². The lowest BCUT2D eigenvalue weighted by Crippen LogP contribution is -2.42. The van der Waals surface area contributed by atoms with Gasteiger partial charge in [0.2, 0.25) is 5.91 Å². The first-order valence-electron chi connectivity index (χ1n) is 6.89. The Bertz CT molecular complexity index is 440. The summed E-state index contributed by atoms with van der Waals surface area (Å²) in [5.41, 5.74) is 7.17. The Kier molecular flexibility index (Phi) is 9.49. The zero-order valence-corrected chi connectivity index (χ0v) is 15.0. The van der Waals surface area contributed by atoms with Crippen LogP contribution in [0.5, 0.6) is 0 Å². The second-order valence-corrected chi connectivity index (χ2v) is 6.33. The van der Waals surface area contributed by atoms with Crippen molar-refractivity contribution < 1.29 is 4.79 Å². The van der Waals surface area contributed by atoms with Crippen LogP contribution < -0.4 is 11.1 Å². The van der Waals surface area contributed by atoms with E-state index in [4.69, 9.17) is 5.73 Å². The Morgan fingerprint density at radius 3 is 2.86 bits per heavy atom. The van der Waals surface area contributed by atoms with Crippen molar-refractivity contribution >= 4 is 42.1 Å². The van der Waals surface area contributed by atoms with Gasteiger partial charge in [0.05, 0.1) is 0 Å². The van der Waals surface area contributed by atoms with Crippen LogP contribution in [-0.4, -0.2) is 36.5 Å². The summed E-state index contributed by atoms with van der Waals surface area (Å²) in [6.07, 6.45) is 1.14. The summed E-state index contributed by atoms with van der Waals surface area (Å²) >= 11 is 1.85. The van der Waals surface area contributed by atoms with E-state index in [1.165, 1.54) is 10.4 Å². The normalized spacial score (nSPS) is 16.9. The maximum Gasteiger partial charge on any atom is 0.224 e. The fraction of sp³-hybridized carbons (Fsp3) is 0.643. The first-order chi connectivity index (χ1) is 9.08. The number of rotatable bonds is 5. The number of nitrogens with zero attached hydrogens (tertiary/aromatic N) is 1.